The van der Waals surface area contributed by atoms with E-state index in [4.69, 9.17) is 5.11 Å². The van der Waals surface area contributed by atoms with E-state index in [2.05, 4.69) is 26.6 Å². The third-order valence-corrected chi connectivity index (χ3v) is 2.99. The molecule has 4 nitrogen and oxygen atoms in total. The molecule has 0 aromatic heterocycles. The normalized spacial score (nSPS) is 12.0. The molecule has 1 aromatic carbocycles. The zero-order chi connectivity index (χ0) is 13.5. The van der Waals surface area contributed by atoms with Crippen molar-refractivity contribution in [2.24, 2.45) is 0 Å². The van der Waals surface area contributed by atoms with Gasteiger partial charge in [-0.3, -0.25) is 0 Å². The maximum Gasteiger partial charge on any atom is 0.319 e. The van der Waals surface area contributed by atoms with Crippen molar-refractivity contribution in [3.05, 3.63) is 28.5 Å². The predicted molar refractivity (Wildman–Crippen MR) is 72.0 cm³/mol. The molecule has 0 heterocycles. The SMILES string of the molecule is CC(CCCO)NC(=O)Nc1ccc(Br)c(F)c1. The molecule has 2 amide bonds. The summed E-state index contributed by atoms with van der Waals surface area (Å²) in [5, 5.41) is 13.9. The van der Waals surface area contributed by atoms with Gasteiger partial charge in [0.2, 0.25) is 0 Å². The number of nitrogens with one attached hydrogen (secondary N) is 2. The molecule has 0 aliphatic heterocycles. The largest absolute Gasteiger partial charge is 0.396 e. The van der Waals surface area contributed by atoms with Crippen LogP contribution in [-0.4, -0.2) is 23.8 Å². The highest BCUT2D eigenvalue weighted by molar-refractivity contribution is 9.10. The van der Waals surface area contributed by atoms with Gasteiger partial charge in [0.15, 0.2) is 0 Å². The topological polar surface area (TPSA) is 61.4 Å². The molecule has 1 atom stereocenters. The van der Waals surface area contributed by atoms with Crippen molar-refractivity contribution >= 4 is 27.6 Å². The van der Waals surface area contributed by atoms with Crippen molar-refractivity contribution in [2.45, 2.75) is 25.8 Å². The van der Waals surface area contributed by atoms with E-state index in [1.54, 1.807) is 6.07 Å². The van der Waals surface area contributed by atoms with Crippen LogP contribution >= 0.6 is 15.9 Å². The Kier molecular flexibility index (Phi) is 6.07. The van der Waals surface area contributed by atoms with Gasteiger partial charge in [0.25, 0.3) is 0 Å². The minimum absolute atomic E-state index is 0.0440. The standard InChI is InChI=1S/C12H16BrFN2O2/c1-8(3-2-6-17)15-12(18)16-9-4-5-10(13)11(14)7-9/h4-5,7-8,17H,2-3,6H2,1H3,(H2,15,16,18). The molecular weight excluding hydrogens is 303 g/mol. The molecule has 0 saturated carbocycles. The second-order valence-electron chi connectivity index (χ2n) is 3.99. The molecule has 18 heavy (non-hydrogen) atoms. The Bertz CT molecular complexity index is 415. The molecule has 0 saturated heterocycles. The fraction of sp³-hybridized carbons (Fsp3) is 0.417. The average Bonchev–Trinajstić information content (AvgIpc) is 2.31. The lowest BCUT2D eigenvalue weighted by Gasteiger charge is -2.14. The number of hydrogen-bond acceptors (Lipinski definition) is 2. The van der Waals surface area contributed by atoms with Crippen molar-refractivity contribution in [1.29, 1.82) is 0 Å². The number of rotatable bonds is 5. The monoisotopic (exact) mass is 318 g/mol. The Balaban J connectivity index is 2.46. The quantitative estimate of drug-likeness (QED) is 0.781. The van der Waals surface area contributed by atoms with Gasteiger partial charge in [-0.05, 0) is 53.9 Å². The number of aliphatic hydroxyl groups excluding tert-OH is 1. The van der Waals surface area contributed by atoms with Gasteiger partial charge < -0.3 is 15.7 Å². The lowest BCUT2D eigenvalue weighted by Crippen LogP contribution is -2.36. The summed E-state index contributed by atoms with van der Waals surface area (Å²) in [6.45, 7) is 1.95. The minimum atomic E-state index is -0.430. The summed E-state index contributed by atoms with van der Waals surface area (Å²) < 4.78 is 13.6. The van der Waals surface area contributed by atoms with Gasteiger partial charge in [0.1, 0.15) is 5.82 Å². The number of halogens is 2. The Morgan fingerprint density at radius 3 is 2.89 bits per heavy atom. The number of benzene rings is 1. The molecule has 0 radical (unpaired) electrons. The number of urea groups is 1. The van der Waals surface area contributed by atoms with Crippen LogP contribution in [0.5, 0.6) is 0 Å². The average molecular weight is 319 g/mol. The molecule has 1 aromatic rings. The van der Waals surface area contributed by atoms with Gasteiger partial charge >= 0.3 is 6.03 Å². The highest BCUT2D eigenvalue weighted by atomic mass is 79.9. The van der Waals surface area contributed by atoms with E-state index in [1.165, 1.54) is 12.1 Å². The zero-order valence-electron chi connectivity index (χ0n) is 10.0. The summed E-state index contributed by atoms with van der Waals surface area (Å²) in [5.41, 5.74) is 0.391. The van der Waals surface area contributed by atoms with Gasteiger partial charge in [-0.25, -0.2) is 9.18 Å². The van der Waals surface area contributed by atoms with Crippen molar-refractivity contribution in [3.8, 4) is 0 Å². The van der Waals surface area contributed by atoms with Crippen LogP contribution in [0.3, 0.4) is 0 Å². The highest BCUT2D eigenvalue weighted by Gasteiger charge is 2.08. The van der Waals surface area contributed by atoms with Crippen LogP contribution in [0.1, 0.15) is 19.8 Å². The Morgan fingerprint density at radius 1 is 1.56 bits per heavy atom. The van der Waals surface area contributed by atoms with E-state index in [0.29, 0.717) is 23.0 Å². The number of hydrogen-bond donors (Lipinski definition) is 3. The molecule has 1 unspecified atom stereocenters. The molecule has 3 N–H and O–H groups in total. The molecular formula is C12H16BrFN2O2. The van der Waals surface area contributed by atoms with E-state index in [1.807, 2.05) is 6.92 Å². The number of carbonyl (C=O) groups excluding carboxylic acids is 1. The second kappa shape index (κ2) is 7.33. The first-order valence-electron chi connectivity index (χ1n) is 5.66. The molecule has 0 spiro atoms. The maximum atomic E-state index is 13.2. The summed E-state index contributed by atoms with van der Waals surface area (Å²) in [4.78, 5) is 11.6. The predicted octanol–water partition coefficient (Wildman–Crippen LogP) is 2.87. The van der Waals surface area contributed by atoms with Crippen molar-refractivity contribution in [1.82, 2.24) is 5.32 Å². The first-order valence-corrected chi connectivity index (χ1v) is 6.45. The fourth-order valence-electron chi connectivity index (χ4n) is 1.43. The van der Waals surface area contributed by atoms with E-state index in [0.717, 1.165) is 0 Å². The van der Waals surface area contributed by atoms with Gasteiger partial charge in [-0.1, -0.05) is 0 Å². The molecule has 0 bridgehead atoms. The summed E-state index contributed by atoms with van der Waals surface area (Å²) in [7, 11) is 0. The van der Waals surface area contributed by atoms with Crippen LogP contribution in [0, 0.1) is 5.82 Å². The van der Waals surface area contributed by atoms with Crippen molar-refractivity contribution < 1.29 is 14.3 Å². The van der Waals surface area contributed by atoms with E-state index < -0.39 is 5.82 Å². The highest BCUT2D eigenvalue weighted by Crippen LogP contribution is 2.19. The van der Waals surface area contributed by atoms with E-state index in [-0.39, 0.29) is 18.7 Å². The minimum Gasteiger partial charge on any atom is -0.396 e. The maximum absolute atomic E-state index is 13.2. The first-order chi connectivity index (χ1) is 8.52. The summed E-state index contributed by atoms with van der Waals surface area (Å²) >= 11 is 3.04. The van der Waals surface area contributed by atoms with Crippen LogP contribution in [0.2, 0.25) is 0 Å². The van der Waals surface area contributed by atoms with Crippen molar-refractivity contribution in [3.63, 3.8) is 0 Å². The molecule has 6 heteroatoms. The van der Waals surface area contributed by atoms with Gasteiger partial charge in [-0.2, -0.15) is 0 Å². The number of aliphatic hydroxyl groups is 1. The molecule has 100 valence electrons. The molecule has 0 aliphatic carbocycles. The Morgan fingerprint density at radius 2 is 2.28 bits per heavy atom. The molecule has 0 fully saturated rings. The Labute approximate surface area is 114 Å². The van der Waals surface area contributed by atoms with Crippen LogP contribution in [-0.2, 0) is 0 Å². The number of amides is 2. The van der Waals surface area contributed by atoms with Crippen LogP contribution < -0.4 is 10.6 Å². The zero-order valence-corrected chi connectivity index (χ0v) is 11.6. The Hall–Kier alpha value is -1.14. The van der Waals surface area contributed by atoms with Gasteiger partial charge in [0, 0.05) is 18.3 Å². The lowest BCUT2D eigenvalue weighted by atomic mass is 10.2. The third kappa shape index (κ3) is 5.01. The summed E-state index contributed by atoms with van der Waals surface area (Å²) in [5.74, 6) is -0.430. The number of carbonyl (C=O) groups is 1. The summed E-state index contributed by atoms with van der Waals surface area (Å²) in [6, 6.07) is 3.94. The van der Waals surface area contributed by atoms with Crippen LogP contribution in [0.4, 0.5) is 14.9 Å². The van der Waals surface area contributed by atoms with E-state index >= 15 is 0 Å². The molecule has 0 aliphatic rings. The van der Waals surface area contributed by atoms with Gasteiger partial charge in [0.05, 0.1) is 4.47 Å². The second-order valence-corrected chi connectivity index (χ2v) is 4.85. The van der Waals surface area contributed by atoms with Crippen LogP contribution in [0.25, 0.3) is 0 Å². The van der Waals surface area contributed by atoms with Crippen molar-refractivity contribution in [2.75, 3.05) is 11.9 Å². The van der Waals surface area contributed by atoms with Crippen LogP contribution in [0.15, 0.2) is 22.7 Å². The molecule has 1 rings (SSSR count). The first kappa shape index (κ1) is 14.9. The summed E-state index contributed by atoms with van der Waals surface area (Å²) in [6.07, 6.45) is 1.33. The van der Waals surface area contributed by atoms with Gasteiger partial charge in [-0.15, -0.1) is 0 Å². The number of anilines is 1. The third-order valence-electron chi connectivity index (χ3n) is 2.35. The smallest absolute Gasteiger partial charge is 0.319 e. The lowest BCUT2D eigenvalue weighted by molar-refractivity contribution is 0.245. The fourth-order valence-corrected chi connectivity index (χ4v) is 1.68. The van der Waals surface area contributed by atoms with E-state index in [9.17, 15) is 9.18 Å².